The maximum absolute atomic E-state index is 14.6. The van der Waals surface area contributed by atoms with Crippen molar-refractivity contribution in [3.8, 4) is 11.5 Å². The largest absolute Gasteiger partial charge is 0.493 e. The van der Waals surface area contributed by atoms with Crippen LogP contribution in [0, 0.1) is 18.6 Å². The monoisotopic (exact) mass is 427 g/mol. The van der Waals surface area contributed by atoms with Crippen molar-refractivity contribution in [2.75, 3.05) is 19.7 Å². The third-order valence-electron chi connectivity index (χ3n) is 6.10. The second-order valence-corrected chi connectivity index (χ2v) is 8.10. The summed E-state index contributed by atoms with van der Waals surface area (Å²) in [6, 6.07) is 5.52. The summed E-state index contributed by atoms with van der Waals surface area (Å²) in [5.74, 6) is -0.137. The molecule has 1 atom stereocenters. The van der Waals surface area contributed by atoms with Gasteiger partial charge in [-0.1, -0.05) is 0 Å². The van der Waals surface area contributed by atoms with Gasteiger partial charge in [-0.15, -0.1) is 0 Å². The van der Waals surface area contributed by atoms with Crippen molar-refractivity contribution in [3.63, 3.8) is 0 Å². The first-order valence-corrected chi connectivity index (χ1v) is 10.5. The van der Waals surface area contributed by atoms with E-state index in [9.17, 15) is 13.6 Å². The van der Waals surface area contributed by atoms with E-state index in [-0.39, 0.29) is 23.8 Å². The van der Waals surface area contributed by atoms with E-state index < -0.39 is 17.7 Å². The molecule has 0 aliphatic carbocycles. The average molecular weight is 427 g/mol. The predicted octanol–water partition coefficient (Wildman–Crippen LogP) is 4.30. The number of benzene rings is 2. The van der Waals surface area contributed by atoms with Crippen LogP contribution in [0.15, 0.2) is 24.3 Å². The Morgan fingerprint density at radius 3 is 2.74 bits per heavy atom. The number of aromatic nitrogens is 2. The molecule has 0 bridgehead atoms. The first-order valence-electron chi connectivity index (χ1n) is 10.5. The van der Waals surface area contributed by atoms with Crippen LogP contribution in [0.5, 0.6) is 11.5 Å². The fourth-order valence-corrected chi connectivity index (χ4v) is 4.37. The van der Waals surface area contributed by atoms with Gasteiger partial charge < -0.3 is 18.9 Å². The minimum absolute atomic E-state index is 0.0521. The maximum atomic E-state index is 14.6. The third kappa shape index (κ3) is 3.40. The molecule has 162 valence electrons. The standard InChI is InChI=1S/C23H23F2N3O3/c1-13-26-22-17(27(13)2)9-14(23(29)28-6-3-4-7-28)10-20(22)31-18-5-8-30-19-12-15(24)11-16(25)21(18)19/h9-12,18H,3-8H2,1-2H3. The molecule has 0 saturated carbocycles. The van der Waals surface area contributed by atoms with Gasteiger partial charge in [0.1, 0.15) is 40.6 Å². The highest BCUT2D eigenvalue weighted by molar-refractivity contribution is 5.99. The van der Waals surface area contributed by atoms with Crippen molar-refractivity contribution in [1.82, 2.24) is 14.5 Å². The number of hydrogen-bond donors (Lipinski definition) is 0. The molecule has 8 heteroatoms. The quantitative estimate of drug-likeness (QED) is 0.626. The normalized spacial score (nSPS) is 18.2. The van der Waals surface area contributed by atoms with Gasteiger partial charge in [-0.3, -0.25) is 4.79 Å². The first-order chi connectivity index (χ1) is 14.9. The molecule has 31 heavy (non-hydrogen) atoms. The highest BCUT2D eigenvalue weighted by atomic mass is 19.1. The zero-order chi connectivity index (χ0) is 21.7. The average Bonchev–Trinajstić information content (AvgIpc) is 3.37. The lowest BCUT2D eigenvalue weighted by Gasteiger charge is -2.27. The number of hydrogen-bond acceptors (Lipinski definition) is 4. The summed E-state index contributed by atoms with van der Waals surface area (Å²) in [4.78, 5) is 19.5. The van der Waals surface area contributed by atoms with Gasteiger partial charge >= 0.3 is 0 Å². The second kappa shape index (κ2) is 7.51. The number of ether oxygens (including phenoxy) is 2. The van der Waals surface area contributed by atoms with Gasteiger partial charge in [0.2, 0.25) is 0 Å². The Bertz CT molecular complexity index is 1180. The lowest BCUT2D eigenvalue weighted by Crippen LogP contribution is -2.27. The van der Waals surface area contributed by atoms with E-state index in [0.717, 1.165) is 43.3 Å². The van der Waals surface area contributed by atoms with Crippen LogP contribution in [0.2, 0.25) is 0 Å². The molecule has 1 fully saturated rings. The molecule has 5 rings (SSSR count). The minimum Gasteiger partial charge on any atom is -0.493 e. The maximum Gasteiger partial charge on any atom is 0.254 e. The Morgan fingerprint density at radius 2 is 1.97 bits per heavy atom. The van der Waals surface area contributed by atoms with Gasteiger partial charge in [-0.05, 0) is 31.9 Å². The van der Waals surface area contributed by atoms with Crippen LogP contribution in [0.25, 0.3) is 11.0 Å². The lowest BCUT2D eigenvalue weighted by atomic mass is 10.0. The number of carbonyl (C=O) groups is 1. The predicted molar refractivity (Wildman–Crippen MR) is 110 cm³/mol. The molecule has 2 aliphatic rings. The Hall–Kier alpha value is -3.16. The molecule has 1 aromatic heterocycles. The molecule has 1 amide bonds. The zero-order valence-electron chi connectivity index (χ0n) is 17.5. The van der Waals surface area contributed by atoms with E-state index >= 15 is 0 Å². The summed E-state index contributed by atoms with van der Waals surface area (Å²) in [5.41, 5.74) is 2.07. The fraction of sp³-hybridized carbons (Fsp3) is 0.391. The molecule has 2 aliphatic heterocycles. The highest BCUT2D eigenvalue weighted by Gasteiger charge is 2.30. The molecule has 3 heterocycles. The molecule has 0 spiro atoms. The van der Waals surface area contributed by atoms with Crippen molar-refractivity contribution in [1.29, 1.82) is 0 Å². The van der Waals surface area contributed by atoms with Crippen molar-refractivity contribution in [2.45, 2.75) is 32.3 Å². The number of imidazole rings is 1. The summed E-state index contributed by atoms with van der Waals surface area (Å²) in [7, 11) is 1.88. The van der Waals surface area contributed by atoms with Gasteiger partial charge in [0.25, 0.3) is 5.91 Å². The number of likely N-dealkylation sites (tertiary alicyclic amines) is 1. The molecule has 1 unspecified atom stereocenters. The van der Waals surface area contributed by atoms with Gasteiger partial charge in [0, 0.05) is 44.3 Å². The van der Waals surface area contributed by atoms with Crippen molar-refractivity contribution in [2.24, 2.45) is 7.05 Å². The van der Waals surface area contributed by atoms with Gasteiger partial charge in [0.05, 0.1) is 17.7 Å². The molecule has 6 nitrogen and oxygen atoms in total. The van der Waals surface area contributed by atoms with Crippen LogP contribution in [0.1, 0.15) is 47.1 Å². The molecule has 3 aromatic rings. The Labute approximate surface area is 178 Å². The van der Waals surface area contributed by atoms with E-state index in [2.05, 4.69) is 4.98 Å². The smallest absolute Gasteiger partial charge is 0.254 e. The van der Waals surface area contributed by atoms with Gasteiger partial charge in [0.15, 0.2) is 0 Å². The Kier molecular flexibility index (Phi) is 4.79. The number of aryl methyl sites for hydroxylation is 2. The topological polar surface area (TPSA) is 56.6 Å². The van der Waals surface area contributed by atoms with Crippen LogP contribution in [-0.2, 0) is 7.05 Å². The van der Waals surface area contributed by atoms with Crippen molar-refractivity contribution >= 4 is 16.9 Å². The number of carbonyl (C=O) groups excluding carboxylic acids is 1. The summed E-state index contributed by atoms with van der Waals surface area (Å²) in [6.07, 6.45) is 1.72. The van der Waals surface area contributed by atoms with E-state index in [0.29, 0.717) is 23.3 Å². The summed E-state index contributed by atoms with van der Waals surface area (Å²) in [6.45, 7) is 3.62. The molecular weight excluding hydrogens is 404 g/mol. The summed E-state index contributed by atoms with van der Waals surface area (Å²) >= 11 is 0. The van der Waals surface area contributed by atoms with Gasteiger partial charge in [-0.25, -0.2) is 13.8 Å². The summed E-state index contributed by atoms with van der Waals surface area (Å²) in [5, 5.41) is 0. The van der Waals surface area contributed by atoms with E-state index in [1.807, 2.05) is 29.5 Å². The summed E-state index contributed by atoms with van der Waals surface area (Å²) < 4.78 is 41.8. The molecular formula is C23H23F2N3O3. The van der Waals surface area contributed by atoms with E-state index in [4.69, 9.17) is 9.47 Å². The van der Waals surface area contributed by atoms with Crippen LogP contribution in [0.3, 0.4) is 0 Å². The minimum atomic E-state index is -0.711. The highest BCUT2D eigenvalue weighted by Crippen LogP contribution is 2.40. The van der Waals surface area contributed by atoms with Crippen LogP contribution < -0.4 is 9.47 Å². The molecule has 2 aromatic carbocycles. The van der Waals surface area contributed by atoms with E-state index in [1.54, 1.807) is 6.07 Å². The Morgan fingerprint density at radius 1 is 1.19 bits per heavy atom. The van der Waals surface area contributed by atoms with Gasteiger partial charge in [-0.2, -0.15) is 0 Å². The molecule has 1 saturated heterocycles. The lowest BCUT2D eigenvalue weighted by molar-refractivity contribution is 0.0791. The van der Waals surface area contributed by atoms with Crippen LogP contribution >= 0.6 is 0 Å². The van der Waals surface area contributed by atoms with Crippen molar-refractivity contribution in [3.05, 3.63) is 52.9 Å². The number of nitrogens with zero attached hydrogens (tertiary/aromatic N) is 3. The molecule has 0 radical (unpaired) electrons. The molecule has 0 N–H and O–H groups in total. The number of rotatable bonds is 3. The zero-order valence-corrected chi connectivity index (χ0v) is 17.5. The second-order valence-electron chi connectivity index (χ2n) is 8.10. The van der Waals surface area contributed by atoms with Crippen molar-refractivity contribution < 1.29 is 23.0 Å². The number of amides is 1. The fourth-order valence-electron chi connectivity index (χ4n) is 4.37. The number of fused-ring (bicyclic) bond motifs is 2. The third-order valence-corrected chi connectivity index (χ3v) is 6.10. The van der Waals surface area contributed by atoms with Crippen LogP contribution in [0.4, 0.5) is 8.78 Å². The number of halogens is 2. The van der Waals surface area contributed by atoms with E-state index in [1.165, 1.54) is 6.07 Å². The Balaban J connectivity index is 1.59. The SMILES string of the molecule is Cc1nc2c(OC3CCOc4cc(F)cc(F)c43)cc(C(=O)N3CCCC3)cc2n1C. The van der Waals surface area contributed by atoms with Crippen LogP contribution in [-0.4, -0.2) is 40.1 Å². The first kappa shape index (κ1) is 19.8.